The summed E-state index contributed by atoms with van der Waals surface area (Å²) < 4.78 is 0. The predicted molar refractivity (Wildman–Crippen MR) is 96.2 cm³/mol. The van der Waals surface area contributed by atoms with E-state index >= 15 is 0 Å². The molecule has 0 aliphatic carbocycles. The number of amides is 2. The summed E-state index contributed by atoms with van der Waals surface area (Å²) >= 11 is 0. The fourth-order valence-corrected chi connectivity index (χ4v) is 4.33. The van der Waals surface area contributed by atoms with Crippen LogP contribution in [-0.4, -0.2) is 51.4 Å². The molecule has 2 heterocycles. The maximum absolute atomic E-state index is 13.1. The number of rotatable bonds is 4. The standard InChI is InChI=1S/C20H28N2O3/c1-15(2)21-12-4-10-20(19(21)25)11-5-13-22(20)18(24)9-8-16-6-3-7-17(23)14-16/h3,6-7,14-15,23H,4-5,8-13H2,1-2H3. The van der Waals surface area contributed by atoms with Crippen molar-refractivity contribution in [3.05, 3.63) is 29.8 Å². The van der Waals surface area contributed by atoms with Crippen molar-refractivity contribution in [2.75, 3.05) is 13.1 Å². The summed E-state index contributed by atoms with van der Waals surface area (Å²) in [5, 5.41) is 9.56. The van der Waals surface area contributed by atoms with E-state index in [-0.39, 0.29) is 23.6 Å². The number of hydrogen-bond acceptors (Lipinski definition) is 3. The number of carbonyl (C=O) groups is 2. The Bertz CT molecular complexity index is 658. The first kappa shape index (κ1) is 17.8. The van der Waals surface area contributed by atoms with Crippen LogP contribution in [0.15, 0.2) is 24.3 Å². The van der Waals surface area contributed by atoms with Crippen LogP contribution in [0.4, 0.5) is 0 Å². The lowest BCUT2D eigenvalue weighted by Crippen LogP contribution is -2.62. The number of carbonyl (C=O) groups excluding carboxylic acids is 2. The van der Waals surface area contributed by atoms with E-state index in [0.29, 0.717) is 19.4 Å². The van der Waals surface area contributed by atoms with E-state index < -0.39 is 5.54 Å². The predicted octanol–water partition coefficient (Wildman–Crippen LogP) is 2.72. The molecule has 2 saturated heterocycles. The van der Waals surface area contributed by atoms with Crippen LogP contribution in [-0.2, 0) is 16.0 Å². The molecule has 2 aliphatic heterocycles. The van der Waals surface area contributed by atoms with Gasteiger partial charge in [-0.3, -0.25) is 9.59 Å². The first-order valence-corrected chi connectivity index (χ1v) is 9.33. The number of aryl methyl sites for hydroxylation is 1. The topological polar surface area (TPSA) is 60.9 Å². The Balaban J connectivity index is 1.72. The maximum atomic E-state index is 13.1. The van der Waals surface area contributed by atoms with Crippen molar-refractivity contribution >= 4 is 11.8 Å². The lowest BCUT2D eigenvalue weighted by Gasteiger charge is -2.46. The Morgan fingerprint density at radius 2 is 1.96 bits per heavy atom. The van der Waals surface area contributed by atoms with Gasteiger partial charge in [-0.05, 0) is 63.6 Å². The third kappa shape index (κ3) is 3.37. The van der Waals surface area contributed by atoms with Crippen molar-refractivity contribution in [2.45, 2.75) is 64.0 Å². The van der Waals surface area contributed by atoms with E-state index in [9.17, 15) is 14.7 Å². The summed E-state index contributed by atoms with van der Waals surface area (Å²) in [6, 6.07) is 7.20. The number of benzene rings is 1. The summed E-state index contributed by atoms with van der Waals surface area (Å²) in [6.45, 7) is 5.56. The van der Waals surface area contributed by atoms with Crippen LogP contribution in [0.3, 0.4) is 0 Å². The fraction of sp³-hybridized carbons (Fsp3) is 0.600. The minimum absolute atomic E-state index is 0.0554. The van der Waals surface area contributed by atoms with Gasteiger partial charge in [-0.25, -0.2) is 0 Å². The zero-order valence-corrected chi connectivity index (χ0v) is 15.2. The van der Waals surface area contributed by atoms with E-state index in [0.717, 1.165) is 37.8 Å². The molecular formula is C20H28N2O3. The summed E-state index contributed by atoms with van der Waals surface area (Å²) in [5.41, 5.74) is 0.332. The van der Waals surface area contributed by atoms with Gasteiger partial charge in [0.25, 0.3) is 0 Å². The van der Waals surface area contributed by atoms with Gasteiger partial charge in [-0.1, -0.05) is 12.1 Å². The van der Waals surface area contributed by atoms with Gasteiger partial charge in [0.1, 0.15) is 11.3 Å². The number of nitrogens with zero attached hydrogens (tertiary/aromatic N) is 2. The highest BCUT2D eigenvalue weighted by Gasteiger charge is 2.52. The third-order valence-electron chi connectivity index (χ3n) is 5.60. The smallest absolute Gasteiger partial charge is 0.248 e. The second-order valence-electron chi connectivity index (χ2n) is 7.55. The first-order chi connectivity index (χ1) is 11.9. The zero-order valence-electron chi connectivity index (χ0n) is 15.2. The highest BCUT2D eigenvalue weighted by Crippen LogP contribution is 2.39. The molecule has 1 unspecified atom stereocenters. The number of piperidine rings is 1. The molecule has 0 bridgehead atoms. The van der Waals surface area contributed by atoms with E-state index in [1.165, 1.54) is 0 Å². The molecule has 0 saturated carbocycles. The van der Waals surface area contributed by atoms with Crippen molar-refractivity contribution in [3.8, 4) is 5.75 Å². The summed E-state index contributed by atoms with van der Waals surface area (Å²) in [6.07, 6.45) is 4.39. The van der Waals surface area contributed by atoms with Crippen molar-refractivity contribution < 1.29 is 14.7 Å². The van der Waals surface area contributed by atoms with Crippen LogP contribution in [0.2, 0.25) is 0 Å². The van der Waals surface area contributed by atoms with E-state index in [2.05, 4.69) is 0 Å². The minimum atomic E-state index is -0.613. The van der Waals surface area contributed by atoms with Gasteiger partial charge in [0.05, 0.1) is 0 Å². The average Bonchev–Trinajstić information content (AvgIpc) is 3.00. The second-order valence-corrected chi connectivity index (χ2v) is 7.55. The van der Waals surface area contributed by atoms with Crippen LogP contribution >= 0.6 is 0 Å². The van der Waals surface area contributed by atoms with Gasteiger partial charge in [0, 0.05) is 25.6 Å². The van der Waals surface area contributed by atoms with Crippen LogP contribution in [0.25, 0.3) is 0 Å². The normalized spacial score (nSPS) is 23.7. The lowest BCUT2D eigenvalue weighted by atomic mass is 9.84. The van der Waals surface area contributed by atoms with Crippen LogP contribution in [0.5, 0.6) is 5.75 Å². The molecule has 1 N–H and O–H groups in total. The van der Waals surface area contributed by atoms with Gasteiger partial charge in [0.15, 0.2) is 0 Å². The molecule has 1 spiro atoms. The van der Waals surface area contributed by atoms with Crippen LogP contribution in [0, 0.1) is 0 Å². The zero-order chi connectivity index (χ0) is 18.0. The monoisotopic (exact) mass is 344 g/mol. The largest absolute Gasteiger partial charge is 0.508 e. The second kappa shape index (κ2) is 7.06. The van der Waals surface area contributed by atoms with Gasteiger partial charge in [-0.15, -0.1) is 0 Å². The summed E-state index contributed by atoms with van der Waals surface area (Å²) in [7, 11) is 0. The third-order valence-corrected chi connectivity index (χ3v) is 5.60. The molecule has 2 amide bonds. The molecule has 0 aromatic heterocycles. The lowest BCUT2D eigenvalue weighted by molar-refractivity contribution is -0.156. The number of phenols is 1. The molecule has 1 aromatic rings. The molecule has 25 heavy (non-hydrogen) atoms. The molecule has 2 fully saturated rings. The number of phenolic OH excluding ortho intramolecular Hbond substituents is 1. The molecule has 3 rings (SSSR count). The quantitative estimate of drug-likeness (QED) is 0.913. The highest BCUT2D eigenvalue weighted by molar-refractivity contribution is 5.93. The molecule has 1 aromatic carbocycles. The van der Waals surface area contributed by atoms with Gasteiger partial charge < -0.3 is 14.9 Å². The van der Waals surface area contributed by atoms with Crippen LogP contribution < -0.4 is 0 Å². The Labute approximate surface area is 149 Å². The maximum Gasteiger partial charge on any atom is 0.248 e. The van der Waals surface area contributed by atoms with Gasteiger partial charge >= 0.3 is 0 Å². The minimum Gasteiger partial charge on any atom is -0.508 e. The van der Waals surface area contributed by atoms with Crippen molar-refractivity contribution in [3.63, 3.8) is 0 Å². The number of aromatic hydroxyl groups is 1. The fourth-order valence-electron chi connectivity index (χ4n) is 4.33. The molecule has 5 nitrogen and oxygen atoms in total. The number of likely N-dealkylation sites (tertiary alicyclic amines) is 2. The Kier molecular flexibility index (Phi) is 5.02. The summed E-state index contributed by atoms with van der Waals surface area (Å²) in [5.74, 6) is 0.411. The Hall–Kier alpha value is -2.04. The Morgan fingerprint density at radius 1 is 1.24 bits per heavy atom. The van der Waals surface area contributed by atoms with Gasteiger partial charge in [0.2, 0.25) is 11.8 Å². The van der Waals surface area contributed by atoms with E-state index in [1.54, 1.807) is 18.2 Å². The molecular weight excluding hydrogens is 316 g/mol. The van der Waals surface area contributed by atoms with Crippen molar-refractivity contribution in [1.82, 2.24) is 9.80 Å². The average molecular weight is 344 g/mol. The summed E-state index contributed by atoms with van der Waals surface area (Å²) in [4.78, 5) is 29.8. The van der Waals surface area contributed by atoms with Crippen molar-refractivity contribution in [2.24, 2.45) is 0 Å². The van der Waals surface area contributed by atoms with E-state index in [1.807, 2.05) is 29.7 Å². The molecule has 136 valence electrons. The van der Waals surface area contributed by atoms with E-state index in [4.69, 9.17) is 0 Å². The first-order valence-electron chi connectivity index (χ1n) is 9.33. The van der Waals surface area contributed by atoms with Crippen molar-refractivity contribution in [1.29, 1.82) is 0 Å². The highest BCUT2D eigenvalue weighted by atomic mass is 16.3. The molecule has 0 radical (unpaired) electrons. The SMILES string of the molecule is CC(C)N1CCCC2(CCCN2C(=O)CCc2cccc(O)c2)C1=O. The molecule has 2 aliphatic rings. The molecule has 1 atom stereocenters. The van der Waals surface area contributed by atoms with Crippen LogP contribution in [0.1, 0.15) is 51.5 Å². The Morgan fingerprint density at radius 3 is 2.64 bits per heavy atom. The number of hydrogen-bond donors (Lipinski definition) is 1. The molecule has 5 heteroatoms. The van der Waals surface area contributed by atoms with Gasteiger partial charge in [-0.2, -0.15) is 0 Å².